The molecule has 0 aliphatic carbocycles. The predicted molar refractivity (Wildman–Crippen MR) is 98.5 cm³/mol. The van der Waals surface area contributed by atoms with Crippen molar-refractivity contribution < 1.29 is 0 Å². The van der Waals surface area contributed by atoms with E-state index >= 15 is 0 Å². The van der Waals surface area contributed by atoms with Crippen molar-refractivity contribution in [3.63, 3.8) is 0 Å². The maximum atomic E-state index is 6.02. The van der Waals surface area contributed by atoms with Crippen molar-refractivity contribution in [3.05, 3.63) is 58.3 Å². The summed E-state index contributed by atoms with van der Waals surface area (Å²) in [6, 6.07) is 12.5. The van der Waals surface area contributed by atoms with Crippen LogP contribution in [0.2, 0.25) is 10.0 Å². The number of anilines is 2. The average Bonchev–Trinajstić information content (AvgIpc) is 2.45. The number of halogens is 5. The average molecular weight is 408 g/mol. The van der Waals surface area contributed by atoms with E-state index in [4.69, 9.17) is 58.0 Å². The van der Waals surface area contributed by atoms with Crippen LogP contribution in [0.25, 0.3) is 10.9 Å². The third-order valence-electron chi connectivity index (χ3n) is 2.98. The standard InChI is InChI=1S/C15H8Cl5N3/c16-8-5-9(17)7-10(6-8)21-13-11-3-1-2-4-12(11)22-14(23-13)15(18,19)20/h1-7H,(H,21,22,23). The molecule has 2 aromatic carbocycles. The number of nitrogens with zero attached hydrogens (tertiary/aromatic N) is 2. The first-order valence-corrected chi connectivity index (χ1v) is 8.29. The van der Waals surface area contributed by atoms with Crippen LogP contribution in [0.4, 0.5) is 11.5 Å². The fourth-order valence-corrected chi connectivity index (χ4v) is 2.84. The lowest BCUT2D eigenvalue weighted by Gasteiger charge is -2.14. The van der Waals surface area contributed by atoms with Gasteiger partial charge >= 0.3 is 0 Å². The second kappa shape index (κ2) is 6.50. The highest BCUT2D eigenvalue weighted by molar-refractivity contribution is 6.66. The first-order chi connectivity index (χ1) is 10.8. The Morgan fingerprint density at radius 2 is 1.52 bits per heavy atom. The van der Waals surface area contributed by atoms with Gasteiger partial charge in [0.1, 0.15) is 5.82 Å². The molecule has 1 aromatic heterocycles. The van der Waals surface area contributed by atoms with Crippen LogP contribution >= 0.6 is 58.0 Å². The fraction of sp³-hybridized carbons (Fsp3) is 0.0667. The number of alkyl halides is 3. The Bertz CT molecular complexity index is 856. The van der Waals surface area contributed by atoms with Gasteiger partial charge in [0.25, 0.3) is 0 Å². The monoisotopic (exact) mass is 405 g/mol. The van der Waals surface area contributed by atoms with Crippen LogP contribution in [-0.4, -0.2) is 9.97 Å². The van der Waals surface area contributed by atoms with Gasteiger partial charge in [-0.2, -0.15) is 0 Å². The fourth-order valence-electron chi connectivity index (χ4n) is 2.06. The van der Waals surface area contributed by atoms with Crippen LogP contribution in [0, 0.1) is 0 Å². The molecule has 3 rings (SSSR count). The minimum atomic E-state index is -1.73. The maximum Gasteiger partial charge on any atom is 0.250 e. The van der Waals surface area contributed by atoms with Crippen molar-refractivity contribution in [3.8, 4) is 0 Å². The Morgan fingerprint density at radius 1 is 0.870 bits per heavy atom. The highest BCUT2D eigenvalue weighted by Gasteiger charge is 2.28. The van der Waals surface area contributed by atoms with Crippen molar-refractivity contribution in [2.24, 2.45) is 0 Å². The summed E-state index contributed by atoms with van der Waals surface area (Å²) in [6.45, 7) is 0. The summed E-state index contributed by atoms with van der Waals surface area (Å²) in [6.07, 6.45) is 0. The van der Waals surface area contributed by atoms with E-state index < -0.39 is 3.79 Å². The zero-order valence-electron chi connectivity index (χ0n) is 11.3. The number of nitrogens with one attached hydrogen (secondary N) is 1. The molecule has 23 heavy (non-hydrogen) atoms. The second-order valence-corrected chi connectivity index (χ2v) is 7.85. The number of rotatable bonds is 2. The first kappa shape index (κ1) is 16.9. The van der Waals surface area contributed by atoms with E-state index in [2.05, 4.69) is 15.3 Å². The van der Waals surface area contributed by atoms with Gasteiger partial charge < -0.3 is 5.32 Å². The van der Waals surface area contributed by atoms with Gasteiger partial charge in [0, 0.05) is 21.1 Å². The largest absolute Gasteiger partial charge is 0.340 e. The third kappa shape index (κ3) is 3.93. The van der Waals surface area contributed by atoms with E-state index in [1.807, 2.05) is 24.3 Å². The molecule has 0 bridgehead atoms. The Balaban J connectivity index is 2.15. The number of hydrogen-bond acceptors (Lipinski definition) is 3. The van der Waals surface area contributed by atoms with Gasteiger partial charge in [0.15, 0.2) is 5.82 Å². The van der Waals surface area contributed by atoms with Crippen molar-refractivity contribution in [1.29, 1.82) is 0 Å². The van der Waals surface area contributed by atoms with Crippen LogP contribution in [0.5, 0.6) is 0 Å². The Labute approximate surface area is 157 Å². The highest BCUT2D eigenvalue weighted by Crippen LogP contribution is 2.38. The summed E-state index contributed by atoms with van der Waals surface area (Å²) in [7, 11) is 0. The molecule has 1 N–H and O–H groups in total. The zero-order valence-corrected chi connectivity index (χ0v) is 15.1. The smallest absolute Gasteiger partial charge is 0.250 e. The summed E-state index contributed by atoms with van der Waals surface area (Å²) < 4.78 is -1.73. The minimum Gasteiger partial charge on any atom is -0.340 e. The summed E-state index contributed by atoms with van der Waals surface area (Å²) in [5.74, 6) is 0.576. The molecule has 0 amide bonds. The molecule has 3 nitrogen and oxygen atoms in total. The number of benzene rings is 2. The summed E-state index contributed by atoms with van der Waals surface area (Å²) in [5, 5.41) is 4.92. The molecule has 3 aromatic rings. The van der Waals surface area contributed by atoms with Gasteiger partial charge in [-0.15, -0.1) is 0 Å². The molecular weight excluding hydrogens is 399 g/mol. The molecule has 0 saturated carbocycles. The lowest BCUT2D eigenvalue weighted by molar-refractivity contribution is 0.999. The molecule has 0 fully saturated rings. The molecule has 0 unspecified atom stereocenters. The number of para-hydroxylation sites is 1. The van der Waals surface area contributed by atoms with E-state index in [0.29, 0.717) is 27.1 Å². The van der Waals surface area contributed by atoms with Crippen LogP contribution in [0.1, 0.15) is 5.82 Å². The van der Waals surface area contributed by atoms with Gasteiger partial charge in [-0.05, 0) is 30.3 Å². The van der Waals surface area contributed by atoms with Crippen molar-refractivity contribution in [2.45, 2.75) is 3.79 Å². The SMILES string of the molecule is Clc1cc(Cl)cc(Nc2nc(C(Cl)(Cl)Cl)nc3ccccc23)c1. The van der Waals surface area contributed by atoms with E-state index in [9.17, 15) is 0 Å². The van der Waals surface area contributed by atoms with Gasteiger partial charge in [-0.3, -0.25) is 0 Å². The molecule has 0 aliphatic rings. The zero-order chi connectivity index (χ0) is 16.6. The summed E-state index contributed by atoms with van der Waals surface area (Å²) in [5.41, 5.74) is 1.32. The van der Waals surface area contributed by atoms with Gasteiger partial charge in [-0.25, -0.2) is 9.97 Å². The lowest BCUT2D eigenvalue weighted by atomic mass is 10.2. The lowest BCUT2D eigenvalue weighted by Crippen LogP contribution is -2.09. The molecule has 0 radical (unpaired) electrons. The summed E-state index contributed by atoms with van der Waals surface area (Å²) in [4.78, 5) is 8.61. The molecule has 0 aliphatic heterocycles. The van der Waals surface area contributed by atoms with Crippen LogP contribution < -0.4 is 5.32 Å². The van der Waals surface area contributed by atoms with E-state index in [1.54, 1.807) is 18.2 Å². The first-order valence-electron chi connectivity index (χ1n) is 6.40. The third-order valence-corrected chi connectivity index (χ3v) is 3.93. The van der Waals surface area contributed by atoms with E-state index in [1.165, 1.54) is 0 Å². The highest BCUT2D eigenvalue weighted by atomic mass is 35.6. The van der Waals surface area contributed by atoms with E-state index in [-0.39, 0.29) is 5.82 Å². The molecular formula is C15H8Cl5N3. The van der Waals surface area contributed by atoms with Gasteiger partial charge in [0.05, 0.1) is 5.52 Å². The number of hydrogen-bond donors (Lipinski definition) is 1. The molecule has 0 spiro atoms. The molecule has 118 valence electrons. The Kier molecular flexibility index (Phi) is 4.77. The predicted octanol–water partition coefficient (Wildman–Crippen LogP) is 6.51. The minimum absolute atomic E-state index is 0.0804. The van der Waals surface area contributed by atoms with Crippen molar-refractivity contribution >= 4 is 80.4 Å². The molecule has 8 heteroatoms. The van der Waals surface area contributed by atoms with Gasteiger partial charge in [-0.1, -0.05) is 70.1 Å². The van der Waals surface area contributed by atoms with Crippen molar-refractivity contribution in [1.82, 2.24) is 9.97 Å². The normalized spacial score (nSPS) is 11.7. The van der Waals surface area contributed by atoms with Gasteiger partial charge in [0.2, 0.25) is 3.79 Å². The summed E-state index contributed by atoms with van der Waals surface area (Å²) >= 11 is 29.8. The maximum absolute atomic E-state index is 6.02. The molecule has 1 heterocycles. The Morgan fingerprint density at radius 3 is 2.17 bits per heavy atom. The topological polar surface area (TPSA) is 37.8 Å². The van der Waals surface area contributed by atoms with Crippen LogP contribution in [0.3, 0.4) is 0 Å². The quantitative estimate of drug-likeness (QED) is 0.492. The molecule has 0 atom stereocenters. The van der Waals surface area contributed by atoms with Crippen molar-refractivity contribution in [2.75, 3.05) is 5.32 Å². The van der Waals surface area contributed by atoms with Crippen LogP contribution in [0.15, 0.2) is 42.5 Å². The molecule has 0 saturated heterocycles. The number of aromatic nitrogens is 2. The van der Waals surface area contributed by atoms with Crippen LogP contribution in [-0.2, 0) is 3.79 Å². The van der Waals surface area contributed by atoms with E-state index in [0.717, 1.165) is 5.39 Å². The Hall–Kier alpha value is -0.970. The number of fused-ring (bicyclic) bond motifs is 1. The second-order valence-electron chi connectivity index (χ2n) is 4.69.